The van der Waals surface area contributed by atoms with Crippen LogP contribution in [0.15, 0.2) is 73.1 Å². The lowest BCUT2D eigenvalue weighted by molar-refractivity contribution is 0.881. The van der Waals surface area contributed by atoms with Crippen LogP contribution in [0.2, 0.25) is 0 Å². The van der Waals surface area contributed by atoms with Gasteiger partial charge in [-0.1, -0.05) is 48.5 Å². The standard InChI is InChI=1S/C18H13P.CH2N4.ClH/c19-18-11-14-9-12-5-1-2-6-13(12)10-17(14)15-7-3-4-8-16(15)18;1-2-4-5-3-1;/h1-11H,19H2;1H,(H,2,3,4,5);1H. The molecule has 1 atom stereocenters. The average molecular weight is 367 g/mol. The molecule has 0 bridgehead atoms. The van der Waals surface area contributed by atoms with Crippen LogP contribution in [0.25, 0.3) is 32.3 Å². The molecular formula is C19H16ClN4P. The number of H-pyrrole nitrogens is 1. The summed E-state index contributed by atoms with van der Waals surface area (Å²) in [6.45, 7) is 0. The van der Waals surface area contributed by atoms with Crippen molar-refractivity contribution in [3.63, 3.8) is 0 Å². The zero-order chi connectivity index (χ0) is 16.4. The molecule has 25 heavy (non-hydrogen) atoms. The Balaban J connectivity index is 0.000000264. The minimum atomic E-state index is 0. The molecule has 4 aromatic carbocycles. The topological polar surface area (TPSA) is 54.5 Å². The Morgan fingerprint density at radius 2 is 1.40 bits per heavy atom. The van der Waals surface area contributed by atoms with Gasteiger partial charge in [0.2, 0.25) is 0 Å². The third-order valence-electron chi connectivity index (χ3n) is 4.03. The van der Waals surface area contributed by atoms with Crippen molar-refractivity contribution in [2.75, 3.05) is 0 Å². The van der Waals surface area contributed by atoms with Gasteiger partial charge >= 0.3 is 0 Å². The average Bonchev–Trinajstić information content (AvgIpc) is 3.21. The number of benzene rings is 4. The summed E-state index contributed by atoms with van der Waals surface area (Å²) < 4.78 is 0. The van der Waals surface area contributed by atoms with Gasteiger partial charge in [0.25, 0.3) is 0 Å². The monoisotopic (exact) mass is 366 g/mol. The Morgan fingerprint density at radius 3 is 2.04 bits per heavy atom. The minimum absolute atomic E-state index is 0. The van der Waals surface area contributed by atoms with Gasteiger partial charge in [-0.2, -0.15) is 0 Å². The van der Waals surface area contributed by atoms with Gasteiger partial charge in [0.15, 0.2) is 0 Å². The van der Waals surface area contributed by atoms with Gasteiger partial charge in [0.05, 0.1) is 0 Å². The second-order valence-electron chi connectivity index (χ2n) is 5.49. The maximum absolute atomic E-state index is 3.31. The molecule has 0 amide bonds. The summed E-state index contributed by atoms with van der Waals surface area (Å²) in [5.74, 6) is 0. The maximum atomic E-state index is 3.31. The molecule has 1 N–H and O–H groups in total. The second-order valence-corrected chi connectivity index (χ2v) is 6.12. The summed E-state index contributed by atoms with van der Waals surface area (Å²) in [5.41, 5.74) is 0. The number of hydrogen-bond donors (Lipinski definition) is 1. The van der Waals surface area contributed by atoms with Gasteiger partial charge in [-0.3, -0.25) is 0 Å². The fourth-order valence-corrected chi connectivity index (χ4v) is 3.39. The lowest BCUT2D eigenvalue weighted by Gasteiger charge is -2.08. The SMILES string of the molecule is Cl.Pc1cc2cc3ccccc3cc2c2ccccc12.c1nnn[nH]1. The Morgan fingerprint density at radius 1 is 0.720 bits per heavy atom. The van der Waals surface area contributed by atoms with E-state index in [4.69, 9.17) is 0 Å². The summed E-state index contributed by atoms with van der Waals surface area (Å²) in [4.78, 5) is 0. The number of tetrazole rings is 1. The van der Waals surface area contributed by atoms with Gasteiger partial charge in [0, 0.05) is 0 Å². The Hall–Kier alpha value is -2.55. The van der Waals surface area contributed by atoms with E-state index in [0.717, 1.165) is 0 Å². The third-order valence-corrected chi connectivity index (χ3v) is 4.50. The molecule has 4 nitrogen and oxygen atoms in total. The van der Waals surface area contributed by atoms with E-state index in [1.807, 2.05) is 0 Å². The van der Waals surface area contributed by atoms with E-state index in [2.05, 4.69) is 96.6 Å². The highest BCUT2D eigenvalue weighted by Gasteiger charge is 2.04. The van der Waals surface area contributed by atoms with Crippen molar-refractivity contribution in [2.45, 2.75) is 0 Å². The highest BCUT2D eigenvalue weighted by molar-refractivity contribution is 7.28. The number of hydrogen-bond acceptors (Lipinski definition) is 3. The molecule has 6 heteroatoms. The number of fused-ring (bicyclic) bond motifs is 4. The van der Waals surface area contributed by atoms with Crippen LogP contribution in [-0.4, -0.2) is 20.6 Å². The summed E-state index contributed by atoms with van der Waals surface area (Å²) in [6.07, 6.45) is 1.40. The molecule has 1 heterocycles. The van der Waals surface area contributed by atoms with Gasteiger partial charge in [0.1, 0.15) is 6.33 Å². The van der Waals surface area contributed by atoms with Crippen molar-refractivity contribution in [2.24, 2.45) is 0 Å². The van der Waals surface area contributed by atoms with Gasteiger partial charge in [-0.25, -0.2) is 5.10 Å². The van der Waals surface area contributed by atoms with Crippen LogP contribution in [0.4, 0.5) is 0 Å². The van der Waals surface area contributed by atoms with Crippen molar-refractivity contribution in [1.82, 2.24) is 20.6 Å². The van der Waals surface area contributed by atoms with Crippen LogP contribution in [0.1, 0.15) is 0 Å². The van der Waals surface area contributed by atoms with E-state index in [-0.39, 0.29) is 12.4 Å². The molecule has 0 aliphatic rings. The first-order chi connectivity index (χ1) is 11.8. The Kier molecular flexibility index (Phi) is 5.22. The summed E-state index contributed by atoms with van der Waals surface area (Å²) in [5, 5.41) is 21.2. The molecule has 0 radical (unpaired) electrons. The first-order valence-corrected chi connectivity index (χ1v) is 8.17. The van der Waals surface area contributed by atoms with Crippen molar-refractivity contribution in [3.8, 4) is 0 Å². The summed E-state index contributed by atoms with van der Waals surface area (Å²) >= 11 is 0. The normalized spacial score (nSPS) is 10.3. The smallest absolute Gasteiger partial charge is 0.135 e. The lowest BCUT2D eigenvalue weighted by Crippen LogP contribution is -1.93. The molecule has 5 rings (SSSR count). The third kappa shape index (κ3) is 3.46. The van der Waals surface area contributed by atoms with E-state index in [0.29, 0.717) is 0 Å². The molecule has 0 spiro atoms. The molecule has 0 aliphatic carbocycles. The van der Waals surface area contributed by atoms with Crippen molar-refractivity contribution in [3.05, 3.63) is 73.1 Å². The van der Waals surface area contributed by atoms with E-state index in [9.17, 15) is 0 Å². The number of aromatic amines is 1. The van der Waals surface area contributed by atoms with Crippen LogP contribution in [0.3, 0.4) is 0 Å². The van der Waals surface area contributed by atoms with E-state index >= 15 is 0 Å². The molecule has 124 valence electrons. The quantitative estimate of drug-likeness (QED) is 0.253. The number of halogens is 1. The zero-order valence-corrected chi connectivity index (χ0v) is 15.2. The summed E-state index contributed by atoms with van der Waals surface area (Å²) in [7, 11) is 2.85. The van der Waals surface area contributed by atoms with Crippen LogP contribution < -0.4 is 5.30 Å². The van der Waals surface area contributed by atoms with Gasteiger partial charge in [-0.15, -0.1) is 26.7 Å². The van der Waals surface area contributed by atoms with E-state index < -0.39 is 0 Å². The second kappa shape index (κ2) is 7.56. The molecule has 0 fully saturated rings. The lowest BCUT2D eigenvalue weighted by atomic mass is 9.98. The van der Waals surface area contributed by atoms with Gasteiger partial charge < -0.3 is 0 Å². The number of rotatable bonds is 0. The molecule has 1 aromatic heterocycles. The highest BCUT2D eigenvalue weighted by Crippen LogP contribution is 2.29. The Bertz CT molecular complexity index is 1110. The fraction of sp³-hybridized carbons (Fsp3) is 0. The molecule has 0 saturated carbocycles. The molecule has 0 aliphatic heterocycles. The largest absolute Gasteiger partial charge is 0.246 e. The van der Waals surface area contributed by atoms with Crippen molar-refractivity contribution >= 4 is 59.3 Å². The molecule has 0 saturated heterocycles. The summed E-state index contributed by atoms with van der Waals surface area (Å²) in [6, 6.07) is 24.0. The van der Waals surface area contributed by atoms with Crippen LogP contribution in [0.5, 0.6) is 0 Å². The predicted octanol–water partition coefficient (Wildman–Crippen LogP) is 4.27. The Labute approximate surface area is 153 Å². The maximum Gasteiger partial charge on any atom is 0.135 e. The highest BCUT2D eigenvalue weighted by atomic mass is 35.5. The van der Waals surface area contributed by atoms with Crippen LogP contribution >= 0.6 is 21.6 Å². The van der Waals surface area contributed by atoms with Crippen molar-refractivity contribution in [1.29, 1.82) is 0 Å². The van der Waals surface area contributed by atoms with Gasteiger partial charge in [-0.05, 0) is 66.2 Å². The molecular weight excluding hydrogens is 351 g/mol. The van der Waals surface area contributed by atoms with E-state index in [1.165, 1.54) is 43.9 Å². The predicted molar refractivity (Wildman–Crippen MR) is 110 cm³/mol. The molecule has 1 unspecified atom stereocenters. The van der Waals surface area contributed by atoms with Crippen molar-refractivity contribution < 1.29 is 0 Å². The minimum Gasteiger partial charge on any atom is -0.246 e. The number of nitrogens with zero attached hydrogens (tertiary/aromatic N) is 3. The zero-order valence-electron chi connectivity index (χ0n) is 13.3. The first-order valence-electron chi connectivity index (χ1n) is 7.60. The first kappa shape index (κ1) is 17.3. The fourth-order valence-electron chi connectivity index (χ4n) is 2.95. The molecule has 5 aromatic rings. The van der Waals surface area contributed by atoms with Crippen LogP contribution in [0, 0.1) is 0 Å². The number of nitrogens with one attached hydrogen (secondary N) is 1. The van der Waals surface area contributed by atoms with E-state index in [1.54, 1.807) is 0 Å². The number of aromatic nitrogens is 4. The van der Waals surface area contributed by atoms with Crippen LogP contribution in [-0.2, 0) is 0 Å².